The van der Waals surface area contributed by atoms with Crippen molar-refractivity contribution in [3.63, 3.8) is 0 Å². The average molecular weight is 505 g/mol. The van der Waals surface area contributed by atoms with Crippen molar-refractivity contribution >= 4 is 23.3 Å². The van der Waals surface area contributed by atoms with E-state index in [0.29, 0.717) is 17.8 Å². The Labute approximate surface area is 208 Å². The summed E-state index contributed by atoms with van der Waals surface area (Å²) >= 11 is 1.28. The van der Waals surface area contributed by atoms with Crippen LogP contribution >= 0.6 is 11.3 Å². The van der Waals surface area contributed by atoms with Crippen LogP contribution in [-0.2, 0) is 25.6 Å². The maximum atomic E-state index is 12.8. The zero-order chi connectivity index (χ0) is 24.8. The van der Waals surface area contributed by atoms with E-state index in [1.165, 1.54) is 11.3 Å². The third kappa shape index (κ3) is 6.59. The first-order valence-corrected chi connectivity index (χ1v) is 12.7. The summed E-state index contributed by atoms with van der Waals surface area (Å²) in [6.07, 6.45) is -2.98. The minimum absolute atomic E-state index is 0.0188. The van der Waals surface area contributed by atoms with Crippen molar-refractivity contribution in [1.82, 2.24) is 10.6 Å². The van der Waals surface area contributed by atoms with Crippen LogP contribution in [0.1, 0.15) is 35.5 Å². The molecule has 2 fully saturated rings. The Hall–Kier alpha value is -2.50. The molecule has 3 heterocycles. The fourth-order valence-corrected chi connectivity index (χ4v) is 4.96. The van der Waals surface area contributed by atoms with Crippen LogP contribution in [0.5, 0.6) is 0 Å². The molecule has 1 aromatic heterocycles. The van der Waals surface area contributed by atoms with Gasteiger partial charge in [-0.2, -0.15) is 0 Å². The molecule has 2 aliphatic heterocycles. The Balaban J connectivity index is 1.49. The number of thiophene rings is 1. The summed E-state index contributed by atoms with van der Waals surface area (Å²) in [5.74, 6) is -0.500. The van der Waals surface area contributed by atoms with E-state index in [0.717, 1.165) is 5.56 Å². The highest BCUT2D eigenvalue weighted by molar-refractivity contribution is 7.11. The van der Waals surface area contributed by atoms with Gasteiger partial charge in [-0.25, -0.2) is 9.59 Å². The summed E-state index contributed by atoms with van der Waals surface area (Å²) < 4.78 is 24.5. The SMILES string of the molecule is CC(C)NC(=O)NCC1C[C@H]2O[C@H](CO)[C@@H](OC(=O)c3cccs3)[C@H](OCc3ccccc3)[C@H]2O1. The van der Waals surface area contributed by atoms with Crippen LogP contribution in [0.3, 0.4) is 0 Å². The normalized spacial score (nSPS) is 27.9. The largest absolute Gasteiger partial charge is 0.452 e. The predicted molar refractivity (Wildman–Crippen MR) is 129 cm³/mol. The van der Waals surface area contributed by atoms with Crippen molar-refractivity contribution in [2.75, 3.05) is 13.2 Å². The van der Waals surface area contributed by atoms with Crippen molar-refractivity contribution < 1.29 is 33.6 Å². The number of nitrogens with one attached hydrogen (secondary N) is 2. The quantitative estimate of drug-likeness (QED) is 0.450. The summed E-state index contributed by atoms with van der Waals surface area (Å²) in [7, 11) is 0. The Morgan fingerprint density at radius 1 is 1.14 bits per heavy atom. The maximum Gasteiger partial charge on any atom is 0.348 e. The molecule has 190 valence electrons. The lowest BCUT2D eigenvalue weighted by Crippen LogP contribution is -2.59. The minimum Gasteiger partial charge on any atom is -0.452 e. The molecule has 0 bridgehead atoms. The number of urea groups is 1. The fraction of sp³-hybridized carbons (Fsp3) is 0.520. The molecule has 3 N–H and O–H groups in total. The Kier molecular flexibility index (Phi) is 8.74. The summed E-state index contributed by atoms with van der Waals surface area (Å²) in [6, 6.07) is 12.9. The number of carbonyl (C=O) groups is 2. The Morgan fingerprint density at radius 2 is 1.94 bits per heavy atom. The molecule has 0 spiro atoms. The standard InChI is InChI=1S/C25H32N2O7S/c1-15(2)27-25(30)26-12-17-11-18-21(32-17)23(31-14-16-7-4-3-5-8-16)22(19(13-28)33-18)34-24(29)20-9-6-10-35-20/h3-10,15,17-19,21-23,28H,11-14H2,1-2H3,(H2,26,27,30)/t17?,18-,19-,21+,22-,23-/m1/s1. The molecular formula is C25H32N2O7S. The van der Waals surface area contributed by atoms with Crippen molar-refractivity contribution in [2.24, 2.45) is 0 Å². The fourth-order valence-electron chi connectivity index (χ4n) is 4.35. The second-order valence-electron chi connectivity index (χ2n) is 8.97. The van der Waals surface area contributed by atoms with Crippen LogP contribution < -0.4 is 10.6 Å². The highest BCUT2D eigenvalue weighted by atomic mass is 32.1. The van der Waals surface area contributed by atoms with Gasteiger partial charge in [-0.3, -0.25) is 0 Å². The predicted octanol–water partition coefficient (Wildman–Crippen LogP) is 2.48. The van der Waals surface area contributed by atoms with Gasteiger partial charge in [-0.1, -0.05) is 36.4 Å². The smallest absolute Gasteiger partial charge is 0.348 e. The number of aliphatic hydroxyl groups is 1. The van der Waals surface area contributed by atoms with Crippen LogP contribution in [0.4, 0.5) is 4.79 Å². The summed E-state index contributed by atoms with van der Waals surface area (Å²) in [5, 5.41) is 17.5. The number of carbonyl (C=O) groups excluding carboxylic acids is 2. The molecule has 0 saturated carbocycles. The van der Waals surface area contributed by atoms with Gasteiger partial charge in [0.15, 0.2) is 6.10 Å². The van der Waals surface area contributed by atoms with Crippen LogP contribution in [-0.4, -0.2) is 72.9 Å². The summed E-state index contributed by atoms with van der Waals surface area (Å²) in [5.41, 5.74) is 0.959. The van der Waals surface area contributed by atoms with Gasteiger partial charge in [0, 0.05) is 19.0 Å². The van der Waals surface area contributed by atoms with E-state index in [-0.39, 0.29) is 37.5 Å². The first-order valence-electron chi connectivity index (χ1n) is 11.8. The first-order chi connectivity index (χ1) is 16.9. The van der Waals surface area contributed by atoms with Gasteiger partial charge in [0.1, 0.15) is 23.2 Å². The zero-order valence-corrected chi connectivity index (χ0v) is 20.6. The zero-order valence-electron chi connectivity index (χ0n) is 19.8. The lowest BCUT2D eigenvalue weighted by molar-refractivity contribution is -0.233. The number of hydrogen-bond acceptors (Lipinski definition) is 8. The molecule has 2 aliphatic rings. The Morgan fingerprint density at radius 3 is 2.63 bits per heavy atom. The molecule has 2 saturated heterocycles. The van der Waals surface area contributed by atoms with Crippen molar-refractivity contribution in [2.45, 2.75) is 69.5 Å². The second-order valence-corrected chi connectivity index (χ2v) is 9.92. The van der Waals surface area contributed by atoms with Gasteiger partial charge in [0.05, 0.1) is 25.4 Å². The van der Waals surface area contributed by atoms with E-state index in [2.05, 4.69) is 10.6 Å². The number of rotatable bonds is 9. The van der Waals surface area contributed by atoms with Gasteiger partial charge in [-0.15, -0.1) is 11.3 Å². The molecule has 10 heteroatoms. The summed E-state index contributed by atoms with van der Waals surface area (Å²) in [4.78, 5) is 25.2. The number of benzene rings is 1. The van der Waals surface area contributed by atoms with Crippen LogP contribution in [0.25, 0.3) is 0 Å². The average Bonchev–Trinajstić information content (AvgIpc) is 3.52. The second kappa shape index (κ2) is 12.0. The number of hydrogen-bond donors (Lipinski definition) is 3. The molecule has 9 nitrogen and oxygen atoms in total. The van der Waals surface area contributed by atoms with Crippen molar-refractivity contribution in [3.05, 3.63) is 58.3 Å². The monoisotopic (exact) mass is 504 g/mol. The van der Waals surface area contributed by atoms with Gasteiger partial charge in [0.25, 0.3) is 0 Å². The highest BCUT2D eigenvalue weighted by Crippen LogP contribution is 2.36. The van der Waals surface area contributed by atoms with Crippen molar-refractivity contribution in [1.29, 1.82) is 0 Å². The van der Waals surface area contributed by atoms with Gasteiger partial charge in [-0.05, 0) is 30.9 Å². The van der Waals surface area contributed by atoms with E-state index in [4.69, 9.17) is 18.9 Å². The molecule has 6 atom stereocenters. The number of amides is 2. The number of esters is 1. The number of fused-ring (bicyclic) bond motifs is 1. The third-order valence-electron chi connectivity index (χ3n) is 5.92. The molecule has 2 amide bonds. The van der Waals surface area contributed by atoms with E-state index in [9.17, 15) is 14.7 Å². The molecule has 0 aliphatic carbocycles. The first kappa shape index (κ1) is 25.6. The molecule has 4 rings (SSSR count). The molecule has 1 aromatic carbocycles. The summed E-state index contributed by atoms with van der Waals surface area (Å²) in [6.45, 7) is 4.01. The van der Waals surface area contributed by atoms with Crippen LogP contribution in [0.2, 0.25) is 0 Å². The topological polar surface area (TPSA) is 115 Å². The number of ether oxygens (including phenoxy) is 4. The van der Waals surface area contributed by atoms with E-state index in [1.807, 2.05) is 44.2 Å². The van der Waals surface area contributed by atoms with Gasteiger partial charge in [0.2, 0.25) is 0 Å². The minimum atomic E-state index is -0.865. The molecule has 0 radical (unpaired) electrons. The van der Waals surface area contributed by atoms with Crippen LogP contribution in [0, 0.1) is 0 Å². The number of aliphatic hydroxyl groups excluding tert-OH is 1. The van der Waals surface area contributed by atoms with Crippen LogP contribution in [0.15, 0.2) is 47.8 Å². The molecule has 1 unspecified atom stereocenters. The third-order valence-corrected chi connectivity index (χ3v) is 6.77. The Bertz CT molecular complexity index is 956. The highest BCUT2D eigenvalue weighted by Gasteiger charge is 2.53. The van der Waals surface area contributed by atoms with Gasteiger partial charge < -0.3 is 34.7 Å². The molecule has 35 heavy (non-hydrogen) atoms. The molecular weight excluding hydrogens is 472 g/mol. The lowest BCUT2D eigenvalue weighted by atomic mass is 9.94. The molecule has 2 aromatic rings. The maximum absolute atomic E-state index is 12.8. The van der Waals surface area contributed by atoms with Crippen molar-refractivity contribution in [3.8, 4) is 0 Å². The van der Waals surface area contributed by atoms with E-state index < -0.39 is 30.4 Å². The van der Waals surface area contributed by atoms with Gasteiger partial charge >= 0.3 is 12.0 Å². The van der Waals surface area contributed by atoms with E-state index in [1.54, 1.807) is 17.5 Å². The van der Waals surface area contributed by atoms with E-state index >= 15 is 0 Å². The lowest BCUT2D eigenvalue weighted by Gasteiger charge is -2.42.